The molecule has 0 saturated carbocycles. The number of carbonyl (C=O) groups is 1. The molecule has 6 nitrogen and oxygen atoms in total. The zero-order chi connectivity index (χ0) is 15.1. The van der Waals surface area contributed by atoms with Crippen molar-refractivity contribution in [2.75, 3.05) is 7.11 Å². The number of thiophene rings is 1. The number of aromatic nitrogens is 4. The minimum Gasteiger partial charge on any atom is -0.468 e. The van der Waals surface area contributed by atoms with Gasteiger partial charge in [-0.2, -0.15) is 9.50 Å². The fourth-order valence-electron chi connectivity index (χ4n) is 2.48. The molecule has 0 N–H and O–H groups in total. The first-order valence-electron chi connectivity index (χ1n) is 6.72. The number of imidazole rings is 1. The van der Waals surface area contributed by atoms with Gasteiger partial charge in [0.2, 0.25) is 5.78 Å². The van der Waals surface area contributed by atoms with E-state index in [1.807, 2.05) is 46.3 Å². The van der Waals surface area contributed by atoms with Crippen LogP contribution in [0, 0.1) is 0 Å². The summed E-state index contributed by atoms with van der Waals surface area (Å²) in [5.41, 5.74) is 1.82. The third kappa shape index (κ3) is 1.90. The van der Waals surface area contributed by atoms with Gasteiger partial charge in [-0.05, 0) is 23.6 Å². The van der Waals surface area contributed by atoms with Gasteiger partial charge >= 0.3 is 5.97 Å². The summed E-state index contributed by atoms with van der Waals surface area (Å²) in [5, 5.41) is 6.57. The molecule has 0 atom stereocenters. The second kappa shape index (κ2) is 4.96. The van der Waals surface area contributed by atoms with E-state index < -0.39 is 0 Å². The lowest BCUT2D eigenvalue weighted by Crippen LogP contribution is -2.11. The van der Waals surface area contributed by atoms with E-state index in [9.17, 15) is 4.79 Å². The number of carbonyl (C=O) groups excluding carboxylic acids is 1. The summed E-state index contributed by atoms with van der Waals surface area (Å²) in [7, 11) is 1.38. The molecule has 110 valence electrons. The Labute approximate surface area is 129 Å². The lowest BCUT2D eigenvalue weighted by Gasteiger charge is -2.02. The van der Waals surface area contributed by atoms with E-state index in [2.05, 4.69) is 10.1 Å². The highest BCUT2D eigenvalue weighted by Crippen LogP contribution is 2.25. The molecule has 0 amide bonds. The van der Waals surface area contributed by atoms with Crippen molar-refractivity contribution in [1.29, 1.82) is 0 Å². The minimum absolute atomic E-state index is 0.107. The summed E-state index contributed by atoms with van der Waals surface area (Å²) in [6, 6.07) is 11.7. The van der Waals surface area contributed by atoms with Crippen molar-refractivity contribution in [3.8, 4) is 10.7 Å². The average Bonchev–Trinajstić information content (AvgIpc) is 3.24. The molecule has 4 rings (SSSR count). The number of hydrogen-bond acceptors (Lipinski definition) is 5. The molecule has 0 aliphatic rings. The molecule has 4 aromatic rings. The number of hydrogen-bond donors (Lipinski definition) is 0. The van der Waals surface area contributed by atoms with Gasteiger partial charge in [0.1, 0.15) is 6.54 Å². The predicted molar refractivity (Wildman–Crippen MR) is 83.8 cm³/mol. The molecule has 1 aromatic carbocycles. The minimum atomic E-state index is -0.316. The molecule has 0 bridgehead atoms. The number of esters is 1. The normalized spacial score (nSPS) is 11.3. The van der Waals surface area contributed by atoms with Gasteiger partial charge in [0.05, 0.1) is 23.0 Å². The Hall–Kier alpha value is -2.67. The average molecular weight is 312 g/mol. The standard InChI is InChI=1S/C15H12N4O2S/c1-21-13(20)9-18-10-5-2-3-6-11(10)19-15(18)16-14(17-19)12-7-4-8-22-12/h2-8H,9H2,1H3. The van der Waals surface area contributed by atoms with Gasteiger partial charge in [0.25, 0.3) is 0 Å². The lowest BCUT2D eigenvalue weighted by molar-refractivity contribution is -0.141. The monoisotopic (exact) mass is 312 g/mol. The van der Waals surface area contributed by atoms with Crippen molar-refractivity contribution in [2.45, 2.75) is 6.54 Å². The van der Waals surface area contributed by atoms with E-state index in [0.29, 0.717) is 11.6 Å². The number of fused-ring (bicyclic) bond motifs is 3. The van der Waals surface area contributed by atoms with Crippen LogP contribution in [0.1, 0.15) is 0 Å². The molecule has 22 heavy (non-hydrogen) atoms. The first kappa shape index (κ1) is 13.0. The number of rotatable bonds is 3. The van der Waals surface area contributed by atoms with Crippen molar-refractivity contribution in [3.63, 3.8) is 0 Å². The van der Waals surface area contributed by atoms with Gasteiger partial charge < -0.3 is 4.74 Å². The molecule has 7 heteroatoms. The molecular formula is C15H12N4O2S. The molecule has 0 radical (unpaired) electrons. The van der Waals surface area contributed by atoms with Crippen LogP contribution in [0.3, 0.4) is 0 Å². The van der Waals surface area contributed by atoms with Crippen LogP contribution >= 0.6 is 11.3 Å². The second-order valence-corrected chi connectivity index (χ2v) is 5.72. The van der Waals surface area contributed by atoms with Crippen LogP contribution in [0.15, 0.2) is 41.8 Å². The summed E-state index contributed by atoms with van der Waals surface area (Å²) < 4.78 is 8.38. The topological polar surface area (TPSA) is 61.4 Å². The largest absolute Gasteiger partial charge is 0.468 e. The molecular weight excluding hydrogens is 300 g/mol. The number of para-hydroxylation sites is 2. The molecule has 0 aliphatic heterocycles. The summed E-state index contributed by atoms with van der Waals surface area (Å²) >= 11 is 1.59. The molecule has 0 saturated heterocycles. The van der Waals surface area contributed by atoms with E-state index in [1.54, 1.807) is 15.9 Å². The molecule has 0 unspecified atom stereocenters. The van der Waals surface area contributed by atoms with Crippen molar-refractivity contribution in [2.24, 2.45) is 0 Å². The number of methoxy groups -OCH3 is 1. The van der Waals surface area contributed by atoms with E-state index in [0.717, 1.165) is 15.9 Å². The first-order valence-corrected chi connectivity index (χ1v) is 7.60. The summed E-state index contributed by atoms with van der Waals surface area (Å²) in [5.74, 6) is 0.980. The maximum Gasteiger partial charge on any atom is 0.325 e. The Morgan fingerprint density at radius 2 is 2.05 bits per heavy atom. The van der Waals surface area contributed by atoms with Gasteiger partial charge in [-0.25, -0.2) is 0 Å². The van der Waals surface area contributed by atoms with Gasteiger partial charge in [-0.3, -0.25) is 9.36 Å². The third-order valence-electron chi connectivity index (χ3n) is 3.49. The van der Waals surface area contributed by atoms with Crippen LogP contribution in [0.4, 0.5) is 0 Å². The van der Waals surface area contributed by atoms with Crippen LogP contribution in [-0.4, -0.2) is 32.2 Å². The van der Waals surface area contributed by atoms with E-state index in [4.69, 9.17) is 4.74 Å². The third-order valence-corrected chi connectivity index (χ3v) is 4.35. The quantitative estimate of drug-likeness (QED) is 0.546. The maximum absolute atomic E-state index is 11.7. The van der Waals surface area contributed by atoms with E-state index >= 15 is 0 Å². The second-order valence-electron chi connectivity index (χ2n) is 4.78. The van der Waals surface area contributed by atoms with Crippen molar-refractivity contribution in [3.05, 3.63) is 41.8 Å². The summed E-state index contributed by atoms with van der Waals surface area (Å²) in [6.07, 6.45) is 0. The fourth-order valence-corrected chi connectivity index (χ4v) is 3.13. The van der Waals surface area contributed by atoms with E-state index in [1.165, 1.54) is 7.11 Å². The van der Waals surface area contributed by atoms with Crippen LogP contribution in [0.5, 0.6) is 0 Å². The lowest BCUT2D eigenvalue weighted by atomic mass is 10.3. The van der Waals surface area contributed by atoms with Crippen LogP contribution in [0.25, 0.3) is 27.5 Å². The number of nitrogens with zero attached hydrogens (tertiary/aromatic N) is 4. The fraction of sp³-hybridized carbons (Fsp3) is 0.133. The molecule has 3 heterocycles. The van der Waals surface area contributed by atoms with Crippen molar-refractivity contribution in [1.82, 2.24) is 19.2 Å². The smallest absolute Gasteiger partial charge is 0.325 e. The van der Waals surface area contributed by atoms with Gasteiger partial charge in [-0.15, -0.1) is 16.4 Å². The Morgan fingerprint density at radius 3 is 2.77 bits per heavy atom. The Bertz CT molecular complexity index is 968. The Balaban J connectivity index is 1.98. The molecule has 0 aliphatic carbocycles. The van der Waals surface area contributed by atoms with Gasteiger partial charge in [0, 0.05) is 0 Å². The highest BCUT2D eigenvalue weighted by Gasteiger charge is 2.18. The highest BCUT2D eigenvalue weighted by molar-refractivity contribution is 7.13. The number of ether oxygens (including phenoxy) is 1. The van der Waals surface area contributed by atoms with Crippen molar-refractivity contribution >= 4 is 34.1 Å². The maximum atomic E-state index is 11.7. The molecule has 0 spiro atoms. The molecule has 3 aromatic heterocycles. The SMILES string of the molecule is COC(=O)Cn1c2ccccc2n2nc(-c3cccs3)nc12. The van der Waals surface area contributed by atoms with Crippen LogP contribution < -0.4 is 0 Å². The van der Waals surface area contributed by atoms with Gasteiger partial charge in [0.15, 0.2) is 5.82 Å². The van der Waals surface area contributed by atoms with Crippen LogP contribution in [-0.2, 0) is 16.1 Å². The predicted octanol–water partition coefficient (Wildman–Crippen LogP) is 2.59. The van der Waals surface area contributed by atoms with Gasteiger partial charge in [-0.1, -0.05) is 18.2 Å². The summed E-state index contributed by atoms with van der Waals surface area (Å²) in [4.78, 5) is 17.3. The highest BCUT2D eigenvalue weighted by atomic mass is 32.1. The Kier molecular flexibility index (Phi) is 2.93. The Morgan fingerprint density at radius 1 is 1.23 bits per heavy atom. The zero-order valence-electron chi connectivity index (χ0n) is 11.8. The molecule has 0 fully saturated rings. The first-order chi connectivity index (χ1) is 10.8. The summed E-state index contributed by atoms with van der Waals surface area (Å²) in [6.45, 7) is 0.107. The van der Waals surface area contributed by atoms with Crippen LogP contribution in [0.2, 0.25) is 0 Å². The number of benzene rings is 1. The zero-order valence-corrected chi connectivity index (χ0v) is 12.6. The van der Waals surface area contributed by atoms with Crippen molar-refractivity contribution < 1.29 is 9.53 Å². The van der Waals surface area contributed by atoms with E-state index in [-0.39, 0.29) is 12.5 Å².